The molecule has 8 heteroatoms. The summed E-state index contributed by atoms with van der Waals surface area (Å²) in [5.41, 5.74) is 2.24. The number of aromatic hydroxyl groups is 1. The fraction of sp³-hybridized carbons (Fsp3) is 0.238. The molecule has 0 fully saturated rings. The molecular formula is C21H18ClIN2O3S. The van der Waals surface area contributed by atoms with Gasteiger partial charge >= 0.3 is 0 Å². The first-order valence-electron chi connectivity index (χ1n) is 9.20. The van der Waals surface area contributed by atoms with E-state index in [1.165, 1.54) is 4.88 Å². The summed E-state index contributed by atoms with van der Waals surface area (Å²) in [6, 6.07) is 6.97. The Labute approximate surface area is 190 Å². The molecule has 2 N–H and O–H groups in total. The van der Waals surface area contributed by atoms with Crippen molar-refractivity contribution in [3.63, 3.8) is 0 Å². The van der Waals surface area contributed by atoms with Crippen LogP contribution in [0.5, 0.6) is 5.75 Å². The molecule has 1 aromatic carbocycles. The molecule has 150 valence electrons. The molecule has 2 aromatic heterocycles. The zero-order valence-electron chi connectivity index (χ0n) is 15.4. The number of carbonyl (C=O) groups excluding carboxylic acids is 1. The van der Waals surface area contributed by atoms with Crippen LogP contribution in [0.2, 0.25) is 5.02 Å². The number of nitrogens with zero attached hydrogens (tertiary/aromatic N) is 1. The number of fused-ring (bicyclic) bond motifs is 1. The van der Waals surface area contributed by atoms with E-state index in [0.717, 1.165) is 31.2 Å². The highest BCUT2D eigenvalue weighted by Gasteiger charge is 2.25. The highest BCUT2D eigenvalue weighted by Crippen LogP contribution is 2.40. The van der Waals surface area contributed by atoms with E-state index >= 15 is 0 Å². The molecule has 0 aliphatic heterocycles. The highest BCUT2D eigenvalue weighted by atomic mass is 127. The van der Waals surface area contributed by atoms with E-state index in [-0.39, 0.29) is 11.7 Å². The minimum atomic E-state index is -0.155. The molecule has 0 spiro atoms. The molecule has 0 saturated carbocycles. The van der Waals surface area contributed by atoms with Crippen molar-refractivity contribution in [1.82, 2.24) is 5.32 Å². The minimum absolute atomic E-state index is 0.129. The molecule has 1 amide bonds. The van der Waals surface area contributed by atoms with Gasteiger partial charge in [0.25, 0.3) is 5.91 Å². The van der Waals surface area contributed by atoms with Crippen LogP contribution in [0.4, 0.5) is 5.00 Å². The number of aliphatic imine (C=N–C) groups is 1. The fourth-order valence-corrected chi connectivity index (χ4v) is 5.65. The summed E-state index contributed by atoms with van der Waals surface area (Å²) < 4.78 is 5.95. The predicted octanol–water partition coefficient (Wildman–Crippen LogP) is 5.86. The van der Waals surface area contributed by atoms with Crippen LogP contribution in [0.25, 0.3) is 0 Å². The highest BCUT2D eigenvalue weighted by molar-refractivity contribution is 14.1. The Hall–Kier alpha value is -1.84. The smallest absolute Gasteiger partial charge is 0.255 e. The number of nitrogens with one attached hydrogen (secondary N) is 1. The van der Waals surface area contributed by atoms with Gasteiger partial charge < -0.3 is 14.8 Å². The van der Waals surface area contributed by atoms with Crippen LogP contribution >= 0.6 is 45.5 Å². The molecule has 29 heavy (non-hydrogen) atoms. The molecule has 0 unspecified atom stereocenters. The van der Waals surface area contributed by atoms with Gasteiger partial charge in [-0.3, -0.25) is 4.79 Å². The largest absolute Gasteiger partial charge is 0.506 e. The summed E-state index contributed by atoms with van der Waals surface area (Å²) in [5.74, 6) is 0.674. The van der Waals surface area contributed by atoms with E-state index in [2.05, 4.69) is 10.3 Å². The maximum Gasteiger partial charge on any atom is 0.255 e. The number of hydrogen-bond acceptors (Lipinski definition) is 5. The molecule has 0 atom stereocenters. The van der Waals surface area contributed by atoms with Gasteiger partial charge in [-0.2, -0.15) is 0 Å². The second kappa shape index (κ2) is 8.89. The lowest BCUT2D eigenvalue weighted by Crippen LogP contribution is -2.23. The first-order chi connectivity index (χ1) is 14.0. The number of phenolic OH excluding ortho intramolecular Hbond substituents is 1. The quantitative estimate of drug-likeness (QED) is 0.314. The van der Waals surface area contributed by atoms with Gasteiger partial charge in [0.05, 0.1) is 21.9 Å². The Bertz CT molecular complexity index is 1080. The maximum absolute atomic E-state index is 13.0. The van der Waals surface area contributed by atoms with Gasteiger partial charge in [-0.1, -0.05) is 11.6 Å². The van der Waals surface area contributed by atoms with Gasteiger partial charge in [-0.15, -0.1) is 11.3 Å². The summed E-state index contributed by atoms with van der Waals surface area (Å²) in [6.45, 7) is 0.326. The third-order valence-electron chi connectivity index (χ3n) is 4.76. The van der Waals surface area contributed by atoms with E-state index < -0.39 is 0 Å². The van der Waals surface area contributed by atoms with Crippen LogP contribution in [0.15, 0.2) is 39.9 Å². The van der Waals surface area contributed by atoms with Crippen molar-refractivity contribution in [2.75, 3.05) is 0 Å². The van der Waals surface area contributed by atoms with Crippen LogP contribution in [0.3, 0.4) is 0 Å². The fourth-order valence-electron chi connectivity index (χ4n) is 3.36. The molecular weight excluding hydrogens is 523 g/mol. The predicted molar refractivity (Wildman–Crippen MR) is 124 cm³/mol. The van der Waals surface area contributed by atoms with E-state index in [4.69, 9.17) is 16.0 Å². The van der Waals surface area contributed by atoms with Gasteiger partial charge in [0.2, 0.25) is 0 Å². The van der Waals surface area contributed by atoms with Crippen molar-refractivity contribution in [2.45, 2.75) is 32.2 Å². The number of hydrogen-bond donors (Lipinski definition) is 2. The van der Waals surface area contributed by atoms with Crippen molar-refractivity contribution < 1.29 is 14.3 Å². The van der Waals surface area contributed by atoms with Gasteiger partial charge in [-0.05, 0) is 78.1 Å². The Morgan fingerprint density at radius 1 is 1.38 bits per heavy atom. The summed E-state index contributed by atoms with van der Waals surface area (Å²) in [5, 5.41) is 14.4. The standard InChI is InChI=1S/C21H18ClIN2O3S/c22-13-8-12(19(26)16(23)9-13)10-25-21-18(15-5-1-2-6-17(15)29-21)20(27)24-11-14-4-3-7-28-14/h3-4,7-10,26H,1-2,5-6,11H2,(H,24,27). The third kappa shape index (κ3) is 4.51. The van der Waals surface area contributed by atoms with Gasteiger partial charge in [-0.25, -0.2) is 4.99 Å². The molecule has 5 nitrogen and oxygen atoms in total. The van der Waals surface area contributed by atoms with E-state index in [0.29, 0.717) is 37.0 Å². The number of phenols is 1. The number of benzene rings is 1. The topological polar surface area (TPSA) is 74.8 Å². The first-order valence-corrected chi connectivity index (χ1v) is 11.5. The average molecular weight is 541 g/mol. The maximum atomic E-state index is 13.0. The molecule has 0 radical (unpaired) electrons. The Balaban J connectivity index is 1.66. The summed E-state index contributed by atoms with van der Waals surface area (Å²) in [6.07, 6.45) is 7.20. The van der Waals surface area contributed by atoms with Gasteiger partial charge in [0, 0.05) is 21.7 Å². The number of furan rings is 1. The molecule has 0 saturated heterocycles. The molecule has 0 bridgehead atoms. The third-order valence-corrected chi connectivity index (χ3v) is 7.00. The average Bonchev–Trinajstić information content (AvgIpc) is 3.35. The van der Waals surface area contributed by atoms with E-state index in [1.54, 1.807) is 42.0 Å². The van der Waals surface area contributed by atoms with Crippen molar-refractivity contribution in [3.05, 3.63) is 66.4 Å². The minimum Gasteiger partial charge on any atom is -0.506 e. The number of halogens is 2. The second-order valence-electron chi connectivity index (χ2n) is 6.74. The van der Waals surface area contributed by atoms with Crippen molar-refractivity contribution in [2.24, 2.45) is 4.99 Å². The molecule has 1 aliphatic carbocycles. The monoisotopic (exact) mass is 540 g/mol. The Morgan fingerprint density at radius 3 is 3.00 bits per heavy atom. The SMILES string of the molecule is O=C(NCc1ccco1)c1c(N=Cc2cc(Cl)cc(I)c2O)sc2c1CCCC2. The lowest BCUT2D eigenvalue weighted by Gasteiger charge is -2.12. The van der Waals surface area contributed by atoms with Crippen LogP contribution in [0, 0.1) is 3.57 Å². The Morgan fingerprint density at radius 2 is 2.21 bits per heavy atom. The summed E-state index contributed by atoms with van der Waals surface area (Å²) >= 11 is 9.69. The van der Waals surface area contributed by atoms with Crippen LogP contribution in [-0.2, 0) is 19.4 Å². The number of thiophene rings is 1. The van der Waals surface area contributed by atoms with E-state index in [9.17, 15) is 9.90 Å². The zero-order chi connectivity index (χ0) is 20.4. The second-order valence-corrected chi connectivity index (χ2v) is 9.42. The van der Waals surface area contributed by atoms with Crippen LogP contribution in [0.1, 0.15) is 45.0 Å². The van der Waals surface area contributed by atoms with Gasteiger partial charge in [0.1, 0.15) is 16.5 Å². The number of carbonyl (C=O) groups is 1. The van der Waals surface area contributed by atoms with Gasteiger partial charge in [0.15, 0.2) is 0 Å². The van der Waals surface area contributed by atoms with Crippen molar-refractivity contribution >= 4 is 62.7 Å². The summed E-state index contributed by atoms with van der Waals surface area (Å²) in [7, 11) is 0. The Kier molecular flexibility index (Phi) is 6.26. The lowest BCUT2D eigenvalue weighted by atomic mass is 9.95. The molecule has 3 aromatic rings. The van der Waals surface area contributed by atoms with Crippen molar-refractivity contribution in [3.8, 4) is 5.75 Å². The molecule has 2 heterocycles. The van der Waals surface area contributed by atoms with Crippen molar-refractivity contribution in [1.29, 1.82) is 0 Å². The number of amides is 1. The van der Waals surface area contributed by atoms with Crippen LogP contribution < -0.4 is 5.32 Å². The first kappa shape index (κ1) is 20.4. The molecule has 4 rings (SSSR count). The normalized spacial score (nSPS) is 13.6. The van der Waals surface area contributed by atoms with E-state index in [1.807, 2.05) is 28.7 Å². The number of aryl methyl sites for hydroxylation is 1. The van der Waals surface area contributed by atoms with Crippen LogP contribution in [-0.4, -0.2) is 17.2 Å². The summed E-state index contributed by atoms with van der Waals surface area (Å²) in [4.78, 5) is 18.8. The molecule has 1 aliphatic rings. The number of rotatable bonds is 5. The lowest BCUT2D eigenvalue weighted by molar-refractivity contribution is 0.0948. The zero-order valence-corrected chi connectivity index (χ0v) is 19.1.